The van der Waals surface area contributed by atoms with Gasteiger partial charge >= 0.3 is 18.0 Å². The van der Waals surface area contributed by atoms with Crippen molar-refractivity contribution < 1.29 is 29.0 Å². The minimum absolute atomic E-state index is 0.0441. The topological polar surface area (TPSA) is 102 Å². The van der Waals surface area contributed by atoms with Gasteiger partial charge in [0.1, 0.15) is 5.25 Å². The lowest BCUT2D eigenvalue weighted by Gasteiger charge is -2.21. The second kappa shape index (κ2) is 12.9. The Morgan fingerprint density at radius 2 is 1.79 bits per heavy atom. The predicted molar refractivity (Wildman–Crippen MR) is 92.9 cm³/mol. The Morgan fingerprint density at radius 3 is 2.29 bits per heavy atom. The van der Waals surface area contributed by atoms with Crippen molar-refractivity contribution in [3.63, 3.8) is 0 Å². The van der Waals surface area contributed by atoms with Crippen molar-refractivity contribution in [2.45, 2.75) is 64.9 Å². The SMILES string of the molecule is CCCCCS[C@@H](CNC(=O)O[C@@H](OC(=O)CC)C(C)C)C(=O)O. The number of hydrogen-bond donors (Lipinski definition) is 2. The van der Waals surface area contributed by atoms with Crippen molar-refractivity contribution in [2.24, 2.45) is 5.92 Å². The van der Waals surface area contributed by atoms with E-state index in [1.165, 1.54) is 11.8 Å². The molecule has 24 heavy (non-hydrogen) atoms. The van der Waals surface area contributed by atoms with E-state index in [0.29, 0.717) is 0 Å². The molecule has 0 saturated heterocycles. The van der Waals surface area contributed by atoms with Crippen molar-refractivity contribution >= 4 is 29.8 Å². The number of nitrogens with one attached hydrogen (secondary N) is 1. The van der Waals surface area contributed by atoms with Gasteiger partial charge in [-0.05, 0) is 12.2 Å². The van der Waals surface area contributed by atoms with Gasteiger partial charge in [0, 0.05) is 18.9 Å². The van der Waals surface area contributed by atoms with Gasteiger partial charge < -0.3 is 19.9 Å². The Labute approximate surface area is 147 Å². The number of ether oxygens (including phenoxy) is 2. The number of thioether (sulfide) groups is 1. The van der Waals surface area contributed by atoms with Gasteiger partial charge in [-0.25, -0.2) is 4.79 Å². The average Bonchev–Trinajstić information content (AvgIpc) is 2.52. The number of rotatable bonds is 12. The van der Waals surface area contributed by atoms with E-state index < -0.39 is 29.6 Å². The number of alkyl carbamates (subject to hydrolysis) is 1. The molecule has 7 nitrogen and oxygen atoms in total. The molecule has 0 spiro atoms. The molecule has 1 amide bonds. The molecule has 0 rings (SSSR count). The van der Waals surface area contributed by atoms with Gasteiger partial charge in [0.15, 0.2) is 0 Å². The first-order valence-corrected chi connectivity index (χ1v) is 9.35. The van der Waals surface area contributed by atoms with Crippen LogP contribution in [0.3, 0.4) is 0 Å². The monoisotopic (exact) mass is 363 g/mol. The van der Waals surface area contributed by atoms with Crippen LogP contribution in [0.4, 0.5) is 4.79 Å². The molecule has 0 saturated carbocycles. The first-order chi connectivity index (χ1) is 11.3. The average molecular weight is 363 g/mol. The zero-order valence-electron chi connectivity index (χ0n) is 14.9. The van der Waals surface area contributed by atoms with E-state index in [-0.39, 0.29) is 18.9 Å². The maximum absolute atomic E-state index is 11.8. The summed E-state index contributed by atoms with van der Waals surface area (Å²) in [6.45, 7) is 7.19. The Morgan fingerprint density at radius 1 is 1.12 bits per heavy atom. The number of aliphatic carboxylic acids is 1. The Balaban J connectivity index is 4.34. The van der Waals surface area contributed by atoms with Crippen molar-refractivity contribution in [1.82, 2.24) is 5.32 Å². The summed E-state index contributed by atoms with van der Waals surface area (Å²) in [4.78, 5) is 34.3. The lowest BCUT2D eigenvalue weighted by Crippen LogP contribution is -2.39. The molecule has 140 valence electrons. The molecule has 0 aromatic rings. The van der Waals surface area contributed by atoms with Crippen LogP contribution in [-0.2, 0) is 19.1 Å². The van der Waals surface area contributed by atoms with Crippen LogP contribution in [0.5, 0.6) is 0 Å². The van der Waals surface area contributed by atoms with E-state index >= 15 is 0 Å². The Bertz CT molecular complexity index is 402. The molecule has 0 heterocycles. The molecule has 0 aromatic carbocycles. The third-order valence-corrected chi connectivity index (χ3v) is 4.37. The quantitative estimate of drug-likeness (QED) is 0.312. The molecule has 0 aliphatic heterocycles. The summed E-state index contributed by atoms with van der Waals surface area (Å²) in [6, 6.07) is 0. The van der Waals surface area contributed by atoms with Crippen LogP contribution in [0.15, 0.2) is 0 Å². The number of unbranched alkanes of at least 4 members (excludes halogenated alkanes) is 2. The number of amides is 1. The smallest absolute Gasteiger partial charge is 0.410 e. The van der Waals surface area contributed by atoms with E-state index in [1.807, 2.05) is 0 Å². The standard InChI is InChI=1S/C16H29NO6S/c1-5-7-8-9-24-12(14(19)20)10-17-16(21)23-15(11(3)4)22-13(18)6-2/h11-12,15H,5-10H2,1-4H3,(H,17,21)(H,19,20)/t12-,15+/m0/s1. The van der Waals surface area contributed by atoms with Crippen molar-refractivity contribution in [2.75, 3.05) is 12.3 Å². The molecule has 0 aliphatic carbocycles. The normalized spacial score (nSPS) is 13.2. The van der Waals surface area contributed by atoms with Gasteiger partial charge in [-0.1, -0.05) is 40.5 Å². The molecule has 0 fully saturated rings. The fourth-order valence-electron chi connectivity index (χ4n) is 1.63. The fourth-order valence-corrected chi connectivity index (χ4v) is 2.63. The molecular weight excluding hydrogens is 334 g/mol. The number of hydrogen-bond acceptors (Lipinski definition) is 6. The third-order valence-electron chi connectivity index (χ3n) is 3.08. The molecule has 0 radical (unpaired) electrons. The van der Waals surface area contributed by atoms with Gasteiger partial charge in [0.05, 0.1) is 0 Å². The summed E-state index contributed by atoms with van der Waals surface area (Å²) in [5.74, 6) is -0.916. The van der Waals surface area contributed by atoms with E-state index in [9.17, 15) is 19.5 Å². The van der Waals surface area contributed by atoms with Crippen LogP contribution in [0.1, 0.15) is 53.4 Å². The van der Waals surface area contributed by atoms with Gasteiger partial charge in [0.2, 0.25) is 0 Å². The van der Waals surface area contributed by atoms with Crippen LogP contribution in [0.25, 0.3) is 0 Å². The maximum Gasteiger partial charge on any atom is 0.410 e. The van der Waals surface area contributed by atoms with E-state index in [0.717, 1.165) is 25.0 Å². The highest BCUT2D eigenvalue weighted by molar-refractivity contribution is 8.00. The summed E-state index contributed by atoms with van der Waals surface area (Å²) < 4.78 is 10.1. The molecule has 0 aliphatic rings. The highest BCUT2D eigenvalue weighted by Gasteiger charge is 2.24. The minimum Gasteiger partial charge on any atom is -0.480 e. The molecular formula is C16H29NO6S. The Kier molecular flexibility index (Phi) is 12.1. The van der Waals surface area contributed by atoms with Crippen molar-refractivity contribution in [3.8, 4) is 0 Å². The number of carboxylic acid groups (broad SMARTS) is 1. The van der Waals surface area contributed by atoms with E-state index in [4.69, 9.17) is 9.47 Å². The highest BCUT2D eigenvalue weighted by Crippen LogP contribution is 2.14. The first-order valence-electron chi connectivity index (χ1n) is 8.30. The van der Waals surface area contributed by atoms with Gasteiger partial charge in [-0.2, -0.15) is 0 Å². The van der Waals surface area contributed by atoms with Crippen LogP contribution in [0, 0.1) is 5.92 Å². The van der Waals surface area contributed by atoms with E-state index in [2.05, 4.69) is 12.2 Å². The number of carbonyl (C=O) groups excluding carboxylic acids is 2. The predicted octanol–water partition coefficient (Wildman–Crippen LogP) is 3.02. The Hall–Kier alpha value is -1.44. The first kappa shape index (κ1) is 22.6. The van der Waals surface area contributed by atoms with E-state index in [1.54, 1.807) is 20.8 Å². The largest absolute Gasteiger partial charge is 0.480 e. The van der Waals surface area contributed by atoms with Crippen molar-refractivity contribution in [1.29, 1.82) is 0 Å². The lowest BCUT2D eigenvalue weighted by molar-refractivity contribution is -0.174. The van der Waals surface area contributed by atoms with Crippen molar-refractivity contribution in [3.05, 3.63) is 0 Å². The van der Waals surface area contributed by atoms with Gasteiger partial charge in [0.25, 0.3) is 6.29 Å². The molecule has 0 unspecified atom stereocenters. The molecule has 0 bridgehead atoms. The van der Waals surface area contributed by atoms with Crippen LogP contribution >= 0.6 is 11.8 Å². The number of esters is 1. The maximum atomic E-state index is 11.8. The molecule has 2 N–H and O–H groups in total. The van der Waals surface area contributed by atoms with Crippen LogP contribution in [-0.4, -0.2) is 47.0 Å². The summed E-state index contributed by atoms with van der Waals surface area (Å²) in [6.07, 6.45) is 1.46. The summed E-state index contributed by atoms with van der Waals surface area (Å²) >= 11 is 1.30. The number of carboxylic acids is 1. The summed E-state index contributed by atoms with van der Waals surface area (Å²) in [7, 11) is 0. The minimum atomic E-state index is -0.988. The molecule has 8 heteroatoms. The molecule has 2 atom stereocenters. The van der Waals surface area contributed by atoms with Crippen LogP contribution in [0.2, 0.25) is 0 Å². The lowest BCUT2D eigenvalue weighted by atomic mass is 10.2. The zero-order valence-corrected chi connectivity index (χ0v) is 15.7. The summed E-state index contributed by atoms with van der Waals surface area (Å²) in [5.41, 5.74) is 0. The van der Waals surface area contributed by atoms with Gasteiger partial charge in [-0.3, -0.25) is 9.59 Å². The summed E-state index contributed by atoms with van der Waals surface area (Å²) in [5, 5.41) is 10.9. The number of carbonyl (C=O) groups is 3. The molecule has 0 aromatic heterocycles. The van der Waals surface area contributed by atoms with Crippen LogP contribution < -0.4 is 5.32 Å². The van der Waals surface area contributed by atoms with Gasteiger partial charge in [-0.15, -0.1) is 11.8 Å². The highest BCUT2D eigenvalue weighted by atomic mass is 32.2. The third kappa shape index (κ3) is 10.4. The second-order valence-electron chi connectivity index (χ2n) is 5.65. The fraction of sp³-hybridized carbons (Fsp3) is 0.812. The second-order valence-corrected chi connectivity index (χ2v) is 6.96. The zero-order chi connectivity index (χ0) is 18.5.